The van der Waals surface area contributed by atoms with Crippen molar-refractivity contribution in [1.82, 2.24) is 15.1 Å². The highest BCUT2D eigenvalue weighted by Crippen LogP contribution is 2.23. The average Bonchev–Trinajstić information content (AvgIpc) is 2.60. The topological polar surface area (TPSA) is 117 Å². The number of urea groups is 1. The number of benzene rings is 1. The smallest absolute Gasteiger partial charge is 0.407 e. The van der Waals surface area contributed by atoms with Gasteiger partial charge in [0.1, 0.15) is 5.60 Å². The number of rotatable bonds is 4. The number of nitrogens with one attached hydrogen (secondary N) is 2. The van der Waals surface area contributed by atoms with Crippen molar-refractivity contribution in [3.8, 4) is 0 Å². The number of nitro benzene ring substituents is 1. The Bertz CT molecular complexity index is 777. The fraction of sp³-hybridized carbons (Fsp3) is 0.579. The van der Waals surface area contributed by atoms with Gasteiger partial charge < -0.3 is 25.2 Å². The first-order chi connectivity index (χ1) is 13.5. The van der Waals surface area contributed by atoms with Crippen molar-refractivity contribution in [3.05, 3.63) is 33.9 Å². The number of hydrogen-bond donors (Lipinski definition) is 2. The minimum Gasteiger partial charge on any atom is -0.444 e. The van der Waals surface area contributed by atoms with Crippen LogP contribution in [-0.2, 0) is 4.74 Å². The maximum absolute atomic E-state index is 12.9. The first-order valence-electron chi connectivity index (χ1n) is 9.44. The second-order valence-electron chi connectivity index (χ2n) is 8.18. The van der Waals surface area contributed by atoms with Crippen LogP contribution in [0.3, 0.4) is 0 Å². The Morgan fingerprint density at radius 2 is 2.00 bits per heavy atom. The lowest BCUT2D eigenvalue weighted by Gasteiger charge is -2.40. The number of non-ortho nitro benzene ring substituents is 1. The zero-order valence-electron chi connectivity index (χ0n) is 17.5. The molecule has 0 spiro atoms. The number of ether oxygens (including phenoxy) is 1. The van der Waals surface area contributed by atoms with E-state index in [9.17, 15) is 19.7 Å². The van der Waals surface area contributed by atoms with Gasteiger partial charge >= 0.3 is 12.1 Å². The van der Waals surface area contributed by atoms with Gasteiger partial charge in [-0.25, -0.2) is 9.59 Å². The number of anilines is 1. The number of hydrogen-bond acceptors (Lipinski definition) is 6. The fourth-order valence-corrected chi connectivity index (χ4v) is 3.01. The molecular weight excluding hydrogens is 378 g/mol. The number of nitro groups is 1. The molecule has 3 amide bonds. The maximum Gasteiger partial charge on any atom is 0.407 e. The lowest BCUT2D eigenvalue weighted by atomic mass is 10.1. The third-order valence-electron chi connectivity index (χ3n) is 4.50. The van der Waals surface area contributed by atoms with Gasteiger partial charge in [0, 0.05) is 38.3 Å². The molecule has 1 aliphatic heterocycles. The van der Waals surface area contributed by atoms with Crippen molar-refractivity contribution in [3.63, 3.8) is 0 Å². The van der Waals surface area contributed by atoms with E-state index in [4.69, 9.17) is 4.74 Å². The quantitative estimate of drug-likeness (QED) is 0.585. The molecule has 160 valence electrons. The number of likely N-dealkylation sites (N-methyl/N-ethyl adjacent to an activating group) is 1. The van der Waals surface area contributed by atoms with Crippen molar-refractivity contribution >= 4 is 23.5 Å². The van der Waals surface area contributed by atoms with Crippen molar-refractivity contribution in [2.45, 2.75) is 39.3 Å². The standard InChI is InChI=1S/C19H29N5O5/c1-13-6-7-14(24(27)28)10-16(13)21-17(25)23-9-8-22(5)12-15(23)11-20-18(26)29-19(2,3)4/h6-7,10,15H,8-9,11-12H2,1-5H3,(H,20,26)(H,21,25)/t15-/m1/s1. The van der Waals surface area contributed by atoms with Crippen LogP contribution in [0.2, 0.25) is 0 Å². The van der Waals surface area contributed by atoms with Gasteiger partial charge in [0.2, 0.25) is 0 Å². The third-order valence-corrected chi connectivity index (χ3v) is 4.50. The summed E-state index contributed by atoms with van der Waals surface area (Å²) in [6, 6.07) is 3.71. The zero-order chi connectivity index (χ0) is 21.8. The van der Waals surface area contributed by atoms with Gasteiger partial charge in [-0.15, -0.1) is 0 Å². The molecule has 1 aromatic carbocycles. The second-order valence-corrected chi connectivity index (χ2v) is 8.18. The maximum atomic E-state index is 12.9. The summed E-state index contributed by atoms with van der Waals surface area (Å²) in [5, 5.41) is 16.5. The Morgan fingerprint density at radius 3 is 2.62 bits per heavy atom. The summed E-state index contributed by atoms with van der Waals surface area (Å²) in [5.74, 6) is 0. The molecule has 2 rings (SSSR count). The van der Waals surface area contributed by atoms with Gasteiger partial charge in [0.15, 0.2) is 0 Å². The third kappa shape index (κ3) is 6.60. The SMILES string of the molecule is Cc1ccc([N+](=O)[O-])cc1NC(=O)N1CCN(C)C[C@H]1CNC(=O)OC(C)(C)C. The van der Waals surface area contributed by atoms with Gasteiger partial charge in [0.05, 0.1) is 16.7 Å². The van der Waals surface area contributed by atoms with Gasteiger partial charge in [-0.2, -0.15) is 0 Å². The highest BCUT2D eigenvalue weighted by atomic mass is 16.6. The van der Waals surface area contributed by atoms with E-state index < -0.39 is 16.6 Å². The minimum atomic E-state index is -0.607. The zero-order valence-corrected chi connectivity index (χ0v) is 17.5. The number of aryl methyl sites for hydroxylation is 1. The number of carbonyl (C=O) groups is 2. The summed E-state index contributed by atoms with van der Waals surface area (Å²) in [5.41, 5.74) is 0.417. The van der Waals surface area contributed by atoms with Gasteiger partial charge in [-0.3, -0.25) is 10.1 Å². The summed E-state index contributed by atoms with van der Waals surface area (Å²) in [6.07, 6.45) is -0.541. The van der Waals surface area contributed by atoms with Gasteiger partial charge in [-0.05, 0) is 40.3 Å². The van der Waals surface area contributed by atoms with E-state index in [1.807, 2.05) is 7.05 Å². The number of piperazine rings is 1. The number of alkyl carbamates (subject to hydrolysis) is 1. The van der Waals surface area contributed by atoms with E-state index in [0.717, 1.165) is 5.56 Å². The summed E-state index contributed by atoms with van der Waals surface area (Å²) >= 11 is 0. The highest BCUT2D eigenvalue weighted by molar-refractivity contribution is 5.91. The average molecular weight is 407 g/mol. The molecule has 1 aromatic rings. The predicted octanol–water partition coefficient (Wildman–Crippen LogP) is 2.58. The molecule has 0 bridgehead atoms. The molecule has 10 heteroatoms. The Balaban J connectivity index is 2.07. The molecule has 1 aliphatic rings. The van der Waals surface area contributed by atoms with E-state index >= 15 is 0 Å². The fourth-order valence-electron chi connectivity index (χ4n) is 3.01. The lowest BCUT2D eigenvalue weighted by molar-refractivity contribution is -0.384. The summed E-state index contributed by atoms with van der Waals surface area (Å²) < 4.78 is 5.25. The molecule has 0 aliphatic carbocycles. The van der Waals surface area contributed by atoms with Crippen LogP contribution in [0.1, 0.15) is 26.3 Å². The monoisotopic (exact) mass is 407 g/mol. The number of carbonyl (C=O) groups excluding carboxylic acids is 2. The molecule has 0 aromatic heterocycles. The van der Waals surface area contributed by atoms with Crippen LogP contribution < -0.4 is 10.6 Å². The minimum absolute atomic E-state index is 0.0904. The van der Waals surface area contributed by atoms with E-state index in [1.54, 1.807) is 38.7 Å². The first kappa shape index (κ1) is 22.4. The number of nitrogens with zero attached hydrogens (tertiary/aromatic N) is 3. The van der Waals surface area contributed by atoms with Crippen LogP contribution in [0, 0.1) is 17.0 Å². The molecule has 10 nitrogen and oxygen atoms in total. The predicted molar refractivity (Wildman–Crippen MR) is 109 cm³/mol. The summed E-state index contributed by atoms with van der Waals surface area (Å²) in [7, 11) is 1.94. The molecule has 0 saturated carbocycles. The molecule has 1 heterocycles. The number of amides is 3. The van der Waals surface area contributed by atoms with Crippen LogP contribution in [0.25, 0.3) is 0 Å². The molecule has 1 atom stereocenters. The first-order valence-corrected chi connectivity index (χ1v) is 9.44. The van der Waals surface area contributed by atoms with E-state index in [-0.39, 0.29) is 24.3 Å². The molecule has 2 N–H and O–H groups in total. The van der Waals surface area contributed by atoms with Crippen molar-refractivity contribution in [2.75, 3.05) is 38.5 Å². The van der Waals surface area contributed by atoms with Crippen molar-refractivity contribution in [1.29, 1.82) is 0 Å². The van der Waals surface area contributed by atoms with Crippen molar-refractivity contribution in [2.24, 2.45) is 0 Å². The molecule has 1 saturated heterocycles. The molecular formula is C19H29N5O5. The molecule has 1 fully saturated rings. The van der Waals surface area contributed by atoms with E-state index in [2.05, 4.69) is 15.5 Å². The van der Waals surface area contributed by atoms with E-state index in [1.165, 1.54) is 12.1 Å². The Hall–Kier alpha value is -2.88. The Labute approximate surface area is 170 Å². The van der Waals surface area contributed by atoms with Gasteiger partial charge in [0.25, 0.3) is 5.69 Å². The van der Waals surface area contributed by atoms with Crippen molar-refractivity contribution < 1.29 is 19.2 Å². The van der Waals surface area contributed by atoms with Crippen LogP contribution in [0.5, 0.6) is 0 Å². The normalized spacial score (nSPS) is 17.6. The molecule has 0 unspecified atom stereocenters. The Morgan fingerprint density at radius 1 is 1.31 bits per heavy atom. The van der Waals surface area contributed by atoms with Crippen LogP contribution >= 0.6 is 0 Å². The van der Waals surface area contributed by atoms with Crippen LogP contribution in [0.15, 0.2) is 18.2 Å². The lowest BCUT2D eigenvalue weighted by Crippen LogP contribution is -2.59. The van der Waals surface area contributed by atoms with Crippen LogP contribution in [0.4, 0.5) is 21.0 Å². The van der Waals surface area contributed by atoms with Gasteiger partial charge in [-0.1, -0.05) is 6.07 Å². The second kappa shape index (κ2) is 9.08. The largest absolute Gasteiger partial charge is 0.444 e. The summed E-state index contributed by atoms with van der Waals surface area (Å²) in [4.78, 5) is 39.1. The highest BCUT2D eigenvalue weighted by Gasteiger charge is 2.30. The van der Waals surface area contributed by atoms with E-state index in [0.29, 0.717) is 25.3 Å². The Kier molecular flexibility index (Phi) is 7.02. The molecule has 29 heavy (non-hydrogen) atoms. The van der Waals surface area contributed by atoms with Crippen LogP contribution in [-0.4, -0.2) is 71.7 Å². The summed E-state index contributed by atoms with van der Waals surface area (Å²) in [6.45, 7) is 9.08. The molecule has 0 radical (unpaired) electrons.